The molecule has 120 valence electrons. The minimum atomic E-state index is 0.719. The molecule has 0 radical (unpaired) electrons. The minimum Gasteiger partial charge on any atom is -0.399 e. The van der Waals surface area contributed by atoms with Crippen molar-refractivity contribution in [2.45, 2.75) is 0 Å². The summed E-state index contributed by atoms with van der Waals surface area (Å²) in [5.41, 5.74) is 13.1. The van der Waals surface area contributed by atoms with E-state index in [9.17, 15) is 0 Å². The van der Waals surface area contributed by atoms with E-state index in [2.05, 4.69) is 48.5 Å². The summed E-state index contributed by atoms with van der Waals surface area (Å²) in [6.45, 7) is 0. The zero-order valence-electron chi connectivity index (χ0n) is 13.8. The van der Waals surface area contributed by atoms with Crippen molar-refractivity contribution in [2.24, 2.45) is 0 Å². The van der Waals surface area contributed by atoms with Gasteiger partial charge in [-0.25, -0.2) is 4.98 Å². The Morgan fingerprint density at radius 3 is 1.44 bits per heavy atom. The van der Waals surface area contributed by atoms with Gasteiger partial charge in [-0.05, 0) is 23.3 Å². The molecule has 25 heavy (non-hydrogen) atoms. The number of nitrogens with two attached hydrogens (primary N) is 1. The van der Waals surface area contributed by atoms with E-state index in [-0.39, 0.29) is 0 Å². The van der Waals surface area contributed by atoms with Gasteiger partial charge >= 0.3 is 0 Å². The van der Waals surface area contributed by atoms with Crippen molar-refractivity contribution < 1.29 is 0 Å². The predicted octanol–water partition coefficient (Wildman–Crippen LogP) is 5.66. The number of hydrogen-bond donors (Lipinski definition) is 1. The van der Waals surface area contributed by atoms with Gasteiger partial charge in [0.2, 0.25) is 0 Å². The first kappa shape index (κ1) is 15.2. The van der Waals surface area contributed by atoms with Crippen molar-refractivity contribution >= 4 is 5.69 Å². The summed E-state index contributed by atoms with van der Waals surface area (Å²) in [5.74, 6) is 0. The Bertz CT molecular complexity index is 975. The van der Waals surface area contributed by atoms with E-state index < -0.39 is 0 Å². The van der Waals surface area contributed by atoms with E-state index in [1.807, 2.05) is 48.5 Å². The Labute approximate surface area is 147 Å². The number of nitrogens with zero attached hydrogens (tertiary/aromatic N) is 1. The highest BCUT2D eigenvalue weighted by molar-refractivity contribution is 5.73. The van der Waals surface area contributed by atoms with E-state index in [4.69, 9.17) is 10.7 Å². The second-order valence-corrected chi connectivity index (χ2v) is 5.98. The smallest absolute Gasteiger partial charge is 0.0730 e. The molecule has 0 aliphatic carbocycles. The maximum absolute atomic E-state index is 6.12. The third-order valence-electron chi connectivity index (χ3n) is 4.21. The van der Waals surface area contributed by atoms with Crippen LogP contribution in [0, 0.1) is 0 Å². The molecule has 0 amide bonds. The molecule has 4 aromatic rings. The lowest BCUT2D eigenvalue weighted by atomic mass is 10.0. The first-order valence-electron chi connectivity index (χ1n) is 8.28. The van der Waals surface area contributed by atoms with E-state index >= 15 is 0 Å². The van der Waals surface area contributed by atoms with Gasteiger partial charge in [0, 0.05) is 16.8 Å². The molecule has 1 aromatic heterocycles. The lowest BCUT2D eigenvalue weighted by Crippen LogP contribution is -1.93. The van der Waals surface area contributed by atoms with Crippen LogP contribution in [0.1, 0.15) is 0 Å². The first-order valence-corrected chi connectivity index (χ1v) is 8.28. The fraction of sp³-hybridized carbons (Fsp3) is 0. The Balaban J connectivity index is 1.71. The number of pyridine rings is 1. The van der Waals surface area contributed by atoms with E-state index in [1.54, 1.807) is 0 Å². The Morgan fingerprint density at radius 2 is 0.880 bits per heavy atom. The van der Waals surface area contributed by atoms with Crippen LogP contribution < -0.4 is 5.73 Å². The first-order chi connectivity index (χ1) is 12.3. The van der Waals surface area contributed by atoms with E-state index in [0.717, 1.165) is 28.2 Å². The predicted molar refractivity (Wildman–Crippen MR) is 105 cm³/mol. The van der Waals surface area contributed by atoms with E-state index in [1.165, 1.54) is 11.1 Å². The van der Waals surface area contributed by atoms with Crippen LogP contribution in [0.25, 0.3) is 33.6 Å². The van der Waals surface area contributed by atoms with Gasteiger partial charge < -0.3 is 5.73 Å². The highest BCUT2D eigenvalue weighted by Crippen LogP contribution is 2.28. The van der Waals surface area contributed by atoms with Crippen LogP contribution in [-0.4, -0.2) is 4.98 Å². The van der Waals surface area contributed by atoms with Gasteiger partial charge in [0.25, 0.3) is 0 Å². The zero-order chi connectivity index (χ0) is 17.1. The van der Waals surface area contributed by atoms with Gasteiger partial charge in [0.1, 0.15) is 0 Å². The number of benzene rings is 3. The summed E-state index contributed by atoms with van der Waals surface area (Å²) in [4.78, 5) is 4.80. The normalized spacial score (nSPS) is 10.6. The molecule has 0 bridgehead atoms. The molecule has 3 aromatic carbocycles. The molecule has 1 heterocycles. The van der Waals surface area contributed by atoms with Crippen LogP contribution in [0.4, 0.5) is 5.69 Å². The zero-order valence-corrected chi connectivity index (χ0v) is 13.8. The van der Waals surface area contributed by atoms with Gasteiger partial charge in [0.15, 0.2) is 0 Å². The van der Waals surface area contributed by atoms with Crippen LogP contribution in [0.15, 0.2) is 97.1 Å². The molecule has 2 heteroatoms. The van der Waals surface area contributed by atoms with Crippen molar-refractivity contribution in [2.75, 3.05) is 5.73 Å². The quantitative estimate of drug-likeness (QED) is 0.528. The molecule has 0 fully saturated rings. The highest BCUT2D eigenvalue weighted by atomic mass is 14.7. The van der Waals surface area contributed by atoms with Crippen LogP contribution in [0.3, 0.4) is 0 Å². The van der Waals surface area contributed by atoms with E-state index in [0.29, 0.717) is 0 Å². The second kappa shape index (κ2) is 6.62. The molecular formula is C23H18N2. The monoisotopic (exact) mass is 322 g/mol. The molecule has 0 atom stereocenters. The number of aromatic nitrogens is 1. The molecule has 0 saturated heterocycles. The van der Waals surface area contributed by atoms with Gasteiger partial charge in [-0.15, -0.1) is 0 Å². The number of rotatable bonds is 3. The fourth-order valence-electron chi connectivity index (χ4n) is 2.92. The topological polar surface area (TPSA) is 38.9 Å². The summed E-state index contributed by atoms with van der Waals surface area (Å²) in [6.07, 6.45) is 0. The Kier molecular flexibility index (Phi) is 4.01. The molecule has 4 rings (SSSR count). The van der Waals surface area contributed by atoms with Gasteiger partial charge in [-0.1, -0.05) is 84.9 Å². The second-order valence-electron chi connectivity index (χ2n) is 5.98. The average molecular weight is 322 g/mol. The summed E-state index contributed by atoms with van der Waals surface area (Å²) < 4.78 is 0. The molecule has 0 saturated carbocycles. The molecular weight excluding hydrogens is 304 g/mol. The summed E-state index contributed by atoms with van der Waals surface area (Å²) in [7, 11) is 0. The van der Waals surface area contributed by atoms with Gasteiger partial charge in [-0.3, -0.25) is 0 Å². The number of hydrogen-bond acceptors (Lipinski definition) is 2. The van der Waals surface area contributed by atoms with Crippen LogP contribution in [0.2, 0.25) is 0 Å². The minimum absolute atomic E-state index is 0.719. The molecule has 0 spiro atoms. The van der Waals surface area contributed by atoms with Gasteiger partial charge in [0.05, 0.1) is 11.4 Å². The van der Waals surface area contributed by atoms with Crippen molar-refractivity contribution in [1.29, 1.82) is 0 Å². The van der Waals surface area contributed by atoms with Crippen molar-refractivity contribution in [3.05, 3.63) is 97.1 Å². The lowest BCUT2D eigenvalue weighted by Gasteiger charge is -2.08. The maximum Gasteiger partial charge on any atom is 0.0730 e. The summed E-state index contributed by atoms with van der Waals surface area (Å²) in [6, 6.07) is 32.7. The highest BCUT2D eigenvalue weighted by Gasteiger charge is 2.06. The largest absolute Gasteiger partial charge is 0.399 e. The number of anilines is 1. The van der Waals surface area contributed by atoms with Crippen molar-refractivity contribution in [1.82, 2.24) is 4.98 Å². The standard InChI is InChI=1S/C23H18N2/c24-21-15-22(19-9-5-2-6-10-19)25-23(16-21)20-13-11-18(12-14-20)17-7-3-1-4-8-17/h1-16H,(H2,24,25). The number of nitrogen functional groups attached to an aromatic ring is 1. The third-order valence-corrected chi connectivity index (χ3v) is 4.21. The van der Waals surface area contributed by atoms with Crippen LogP contribution >= 0.6 is 0 Å². The van der Waals surface area contributed by atoms with Crippen LogP contribution in [-0.2, 0) is 0 Å². The maximum atomic E-state index is 6.12. The molecule has 0 aliphatic heterocycles. The Morgan fingerprint density at radius 1 is 0.480 bits per heavy atom. The molecule has 0 aliphatic rings. The Hall–Kier alpha value is -3.39. The summed E-state index contributed by atoms with van der Waals surface area (Å²) >= 11 is 0. The molecule has 2 N–H and O–H groups in total. The summed E-state index contributed by atoms with van der Waals surface area (Å²) in [5, 5.41) is 0. The molecule has 2 nitrogen and oxygen atoms in total. The van der Waals surface area contributed by atoms with Gasteiger partial charge in [-0.2, -0.15) is 0 Å². The SMILES string of the molecule is Nc1cc(-c2ccccc2)nc(-c2ccc(-c3ccccc3)cc2)c1. The van der Waals surface area contributed by atoms with Crippen molar-refractivity contribution in [3.8, 4) is 33.6 Å². The fourth-order valence-corrected chi connectivity index (χ4v) is 2.92. The van der Waals surface area contributed by atoms with Crippen LogP contribution in [0.5, 0.6) is 0 Å². The third kappa shape index (κ3) is 3.29. The lowest BCUT2D eigenvalue weighted by molar-refractivity contribution is 1.32. The average Bonchev–Trinajstić information content (AvgIpc) is 2.69. The molecule has 0 unspecified atom stereocenters. The van der Waals surface area contributed by atoms with Crippen molar-refractivity contribution in [3.63, 3.8) is 0 Å².